The maximum atomic E-state index is 12.7. The van der Waals surface area contributed by atoms with Crippen molar-refractivity contribution in [1.29, 1.82) is 0 Å². The van der Waals surface area contributed by atoms with Crippen LogP contribution in [0.5, 0.6) is 0 Å². The van der Waals surface area contributed by atoms with Gasteiger partial charge >= 0.3 is 5.97 Å². The first kappa shape index (κ1) is 17.9. The van der Waals surface area contributed by atoms with E-state index in [9.17, 15) is 9.59 Å². The van der Waals surface area contributed by atoms with Crippen LogP contribution in [0.1, 0.15) is 54.4 Å². The number of hydrogen-bond acceptors (Lipinski definition) is 3. The molecule has 1 aromatic carbocycles. The Morgan fingerprint density at radius 1 is 1.30 bits per heavy atom. The Morgan fingerprint density at radius 2 is 2.00 bits per heavy atom. The number of carbonyl (C=O) groups excluding carboxylic acids is 1. The van der Waals surface area contributed by atoms with Crippen molar-refractivity contribution in [2.45, 2.75) is 55.6 Å². The number of rotatable bonds is 7. The summed E-state index contributed by atoms with van der Waals surface area (Å²) in [6.45, 7) is 2.46. The summed E-state index contributed by atoms with van der Waals surface area (Å²) in [4.78, 5) is 26.0. The molecule has 0 atom stereocenters. The summed E-state index contributed by atoms with van der Waals surface area (Å²) in [5.74, 6) is -0.835. The molecule has 0 radical (unpaired) electrons. The summed E-state index contributed by atoms with van der Waals surface area (Å²) >= 11 is 1.82. The Hall–Kier alpha value is -1.49. The molecular formula is C18H25NO3S. The summed E-state index contributed by atoms with van der Waals surface area (Å²) < 4.78 is 0. The molecule has 1 N–H and O–H groups in total. The Labute approximate surface area is 142 Å². The molecule has 5 heteroatoms. The van der Waals surface area contributed by atoms with E-state index in [-0.39, 0.29) is 12.3 Å². The number of carboxylic acid groups (broad SMARTS) is 1. The molecule has 23 heavy (non-hydrogen) atoms. The summed E-state index contributed by atoms with van der Waals surface area (Å²) in [7, 11) is 1.75. The lowest BCUT2D eigenvalue weighted by Crippen LogP contribution is -2.28. The van der Waals surface area contributed by atoms with E-state index in [1.54, 1.807) is 11.9 Å². The zero-order valence-electron chi connectivity index (χ0n) is 13.9. The van der Waals surface area contributed by atoms with Gasteiger partial charge in [0.2, 0.25) is 0 Å². The molecule has 1 saturated carbocycles. The van der Waals surface area contributed by atoms with E-state index in [2.05, 4.69) is 12.1 Å². The lowest BCUT2D eigenvalue weighted by Gasteiger charge is -2.20. The highest BCUT2D eigenvalue weighted by molar-refractivity contribution is 8.00. The maximum absolute atomic E-state index is 12.7. The third kappa shape index (κ3) is 5.27. The van der Waals surface area contributed by atoms with Gasteiger partial charge in [-0.25, -0.2) is 0 Å². The minimum absolute atomic E-state index is 0.0143. The zero-order chi connectivity index (χ0) is 16.8. The quantitative estimate of drug-likeness (QED) is 0.819. The van der Waals surface area contributed by atoms with Crippen LogP contribution in [0.3, 0.4) is 0 Å². The lowest BCUT2D eigenvalue weighted by molar-refractivity contribution is -0.137. The van der Waals surface area contributed by atoms with Crippen LogP contribution in [-0.2, 0) is 4.79 Å². The highest BCUT2D eigenvalue weighted by Gasteiger charge is 2.21. The van der Waals surface area contributed by atoms with Gasteiger partial charge in [0.1, 0.15) is 0 Å². The van der Waals surface area contributed by atoms with Gasteiger partial charge in [0.15, 0.2) is 0 Å². The van der Waals surface area contributed by atoms with Crippen LogP contribution in [-0.4, -0.2) is 40.7 Å². The number of hydrogen-bond donors (Lipinski definition) is 1. The number of aliphatic carboxylic acids is 1. The Bertz CT molecular complexity index is 567. The van der Waals surface area contributed by atoms with Crippen molar-refractivity contribution in [1.82, 2.24) is 4.90 Å². The normalized spacial score (nSPS) is 14.9. The molecule has 2 rings (SSSR count). The minimum atomic E-state index is -0.820. The summed E-state index contributed by atoms with van der Waals surface area (Å²) in [5, 5.41) is 9.33. The second-order valence-corrected chi connectivity index (χ2v) is 7.59. The zero-order valence-corrected chi connectivity index (χ0v) is 14.7. The molecule has 0 aliphatic heterocycles. The molecule has 1 aliphatic rings. The maximum Gasteiger partial charge on any atom is 0.303 e. The molecule has 0 aromatic heterocycles. The third-order valence-corrected chi connectivity index (χ3v) is 5.61. The Morgan fingerprint density at radius 3 is 2.65 bits per heavy atom. The van der Waals surface area contributed by atoms with Gasteiger partial charge in [-0.05, 0) is 38.3 Å². The molecule has 126 valence electrons. The van der Waals surface area contributed by atoms with E-state index >= 15 is 0 Å². The van der Waals surface area contributed by atoms with Gasteiger partial charge in [0.25, 0.3) is 5.91 Å². The average molecular weight is 335 g/mol. The lowest BCUT2D eigenvalue weighted by atomic mass is 10.1. The average Bonchev–Trinajstić information content (AvgIpc) is 3.01. The van der Waals surface area contributed by atoms with Gasteiger partial charge in [-0.1, -0.05) is 24.5 Å². The van der Waals surface area contributed by atoms with Crippen molar-refractivity contribution in [3.8, 4) is 0 Å². The van der Waals surface area contributed by atoms with Crippen LogP contribution in [0.25, 0.3) is 0 Å². The summed E-state index contributed by atoms with van der Waals surface area (Å²) in [6.07, 6.45) is 5.58. The molecule has 4 nitrogen and oxygen atoms in total. The second-order valence-electron chi connectivity index (χ2n) is 6.25. The molecule has 1 aromatic rings. The molecule has 1 fully saturated rings. The number of carboxylic acids is 1. The molecule has 0 bridgehead atoms. The van der Waals surface area contributed by atoms with Crippen LogP contribution in [0, 0.1) is 6.92 Å². The van der Waals surface area contributed by atoms with Gasteiger partial charge in [-0.15, -0.1) is 11.8 Å². The fraction of sp³-hybridized carbons (Fsp3) is 0.556. The van der Waals surface area contributed by atoms with E-state index < -0.39 is 5.97 Å². The largest absolute Gasteiger partial charge is 0.481 e. The number of benzene rings is 1. The van der Waals surface area contributed by atoms with Gasteiger partial charge in [0.05, 0.1) is 5.56 Å². The number of nitrogens with zero attached hydrogens (tertiary/aromatic N) is 1. The molecule has 1 amide bonds. The first-order valence-electron chi connectivity index (χ1n) is 8.22. The summed E-state index contributed by atoms with van der Waals surface area (Å²) in [6, 6.07) is 6.06. The van der Waals surface area contributed by atoms with Gasteiger partial charge in [-0.2, -0.15) is 0 Å². The van der Waals surface area contributed by atoms with E-state index in [0.717, 1.165) is 16.0 Å². The van der Waals surface area contributed by atoms with Crippen molar-refractivity contribution in [3.05, 3.63) is 29.3 Å². The van der Waals surface area contributed by atoms with Gasteiger partial charge in [-0.3, -0.25) is 9.59 Å². The topological polar surface area (TPSA) is 57.6 Å². The predicted molar refractivity (Wildman–Crippen MR) is 93.1 cm³/mol. The van der Waals surface area contributed by atoms with Crippen LogP contribution in [0.4, 0.5) is 0 Å². The third-order valence-electron chi connectivity index (χ3n) is 4.19. The van der Waals surface area contributed by atoms with Crippen LogP contribution < -0.4 is 0 Å². The van der Waals surface area contributed by atoms with Gasteiger partial charge < -0.3 is 10.0 Å². The Balaban J connectivity index is 2.07. The molecule has 0 unspecified atom stereocenters. The van der Waals surface area contributed by atoms with Crippen LogP contribution in [0.15, 0.2) is 23.1 Å². The van der Waals surface area contributed by atoms with E-state index in [4.69, 9.17) is 5.11 Å². The molecule has 0 saturated heterocycles. The smallest absolute Gasteiger partial charge is 0.303 e. The van der Waals surface area contributed by atoms with Gasteiger partial charge in [0, 0.05) is 30.2 Å². The van der Waals surface area contributed by atoms with Crippen molar-refractivity contribution < 1.29 is 14.7 Å². The first-order valence-corrected chi connectivity index (χ1v) is 9.10. The fourth-order valence-corrected chi connectivity index (χ4v) is 4.22. The SMILES string of the molecule is Cc1ccc(SC2CCCC2)c(C(=O)N(C)CCCC(=O)O)c1. The highest BCUT2D eigenvalue weighted by Crippen LogP contribution is 2.36. The number of carbonyl (C=O) groups is 2. The number of amides is 1. The van der Waals surface area contributed by atoms with E-state index in [1.165, 1.54) is 25.7 Å². The predicted octanol–water partition coefficient (Wildman–Crippen LogP) is 3.97. The van der Waals surface area contributed by atoms with E-state index in [0.29, 0.717) is 18.2 Å². The second kappa shape index (κ2) is 8.39. The van der Waals surface area contributed by atoms with Crippen LogP contribution in [0.2, 0.25) is 0 Å². The van der Waals surface area contributed by atoms with Crippen molar-refractivity contribution in [2.75, 3.05) is 13.6 Å². The fourth-order valence-electron chi connectivity index (χ4n) is 2.87. The molecule has 0 spiro atoms. The van der Waals surface area contributed by atoms with Crippen LogP contribution >= 0.6 is 11.8 Å². The highest BCUT2D eigenvalue weighted by atomic mass is 32.2. The Kier molecular flexibility index (Phi) is 6.51. The minimum Gasteiger partial charge on any atom is -0.481 e. The van der Waals surface area contributed by atoms with E-state index in [1.807, 2.05) is 24.8 Å². The van der Waals surface area contributed by atoms with Crippen molar-refractivity contribution in [3.63, 3.8) is 0 Å². The standard InChI is InChI=1S/C18H25NO3S/c1-13-9-10-16(23-14-6-3-4-7-14)15(12-13)18(22)19(2)11-5-8-17(20)21/h9-10,12,14H,3-8,11H2,1-2H3,(H,20,21). The number of thioether (sulfide) groups is 1. The van der Waals surface area contributed by atoms with Crippen molar-refractivity contribution >= 4 is 23.6 Å². The van der Waals surface area contributed by atoms with Crippen molar-refractivity contribution in [2.24, 2.45) is 0 Å². The number of aryl methyl sites for hydroxylation is 1. The molecule has 1 aliphatic carbocycles. The summed E-state index contributed by atoms with van der Waals surface area (Å²) in [5.41, 5.74) is 1.82. The molecule has 0 heterocycles. The molecular weight excluding hydrogens is 310 g/mol. The monoisotopic (exact) mass is 335 g/mol. The first-order chi connectivity index (χ1) is 11.0.